The Kier molecular flexibility index (Phi) is 3.73. The van der Waals surface area contributed by atoms with Crippen LogP contribution in [0.25, 0.3) is 10.2 Å². The minimum Gasteiger partial charge on any atom is -0.368 e. The predicted octanol–water partition coefficient (Wildman–Crippen LogP) is 2.14. The monoisotopic (exact) mass is 275 g/mol. The van der Waals surface area contributed by atoms with Gasteiger partial charge >= 0.3 is 0 Å². The first-order valence-electron chi connectivity index (χ1n) is 4.61. The van der Waals surface area contributed by atoms with Crippen molar-refractivity contribution >= 4 is 49.8 Å². The van der Waals surface area contributed by atoms with Gasteiger partial charge in [0.2, 0.25) is 5.28 Å². The number of aromatic nitrogens is 2. The van der Waals surface area contributed by atoms with Gasteiger partial charge in [-0.3, -0.25) is 4.21 Å². The highest BCUT2D eigenvalue weighted by molar-refractivity contribution is 7.84. The third-order valence-corrected chi connectivity index (χ3v) is 3.73. The molecule has 4 nitrogen and oxygen atoms in total. The van der Waals surface area contributed by atoms with Crippen LogP contribution in [0, 0.1) is 0 Å². The van der Waals surface area contributed by atoms with Crippen molar-refractivity contribution in [2.75, 3.05) is 23.9 Å². The van der Waals surface area contributed by atoms with Crippen LogP contribution in [0.15, 0.2) is 11.4 Å². The number of hydrogen-bond donors (Lipinski definition) is 1. The van der Waals surface area contributed by atoms with Gasteiger partial charge in [0.15, 0.2) is 0 Å². The molecule has 0 saturated carbocycles. The maximum Gasteiger partial charge on any atom is 0.225 e. The molecule has 0 aliphatic heterocycles. The van der Waals surface area contributed by atoms with E-state index in [0.29, 0.717) is 18.1 Å². The van der Waals surface area contributed by atoms with Crippen LogP contribution in [-0.2, 0) is 10.8 Å². The van der Waals surface area contributed by atoms with E-state index in [1.807, 2.05) is 11.4 Å². The summed E-state index contributed by atoms with van der Waals surface area (Å²) in [4.78, 5) is 9.09. The van der Waals surface area contributed by atoms with Gasteiger partial charge in [-0.1, -0.05) is 0 Å². The van der Waals surface area contributed by atoms with Crippen molar-refractivity contribution in [3.05, 3.63) is 16.7 Å². The first kappa shape index (κ1) is 11.8. The average Bonchev–Trinajstić information content (AvgIpc) is 2.64. The second-order valence-corrected chi connectivity index (χ2v) is 5.97. The number of thiophene rings is 1. The van der Waals surface area contributed by atoms with Crippen LogP contribution in [0.4, 0.5) is 5.82 Å². The number of rotatable bonds is 4. The van der Waals surface area contributed by atoms with Crippen LogP contribution in [0.5, 0.6) is 0 Å². The van der Waals surface area contributed by atoms with E-state index in [9.17, 15) is 4.21 Å². The highest BCUT2D eigenvalue weighted by Gasteiger charge is 2.07. The van der Waals surface area contributed by atoms with Crippen molar-refractivity contribution in [2.45, 2.75) is 0 Å². The summed E-state index contributed by atoms with van der Waals surface area (Å²) in [6.45, 7) is 0.612. The number of anilines is 1. The van der Waals surface area contributed by atoms with Crippen molar-refractivity contribution in [1.29, 1.82) is 0 Å². The maximum absolute atomic E-state index is 10.9. The summed E-state index contributed by atoms with van der Waals surface area (Å²) in [5.41, 5.74) is 0. The molecule has 1 unspecified atom stereocenters. The molecule has 1 N–H and O–H groups in total. The minimum atomic E-state index is -0.805. The third kappa shape index (κ3) is 2.69. The van der Waals surface area contributed by atoms with E-state index in [4.69, 9.17) is 11.6 Å². The third-order valence-electron chi connectivity index (χ3n) is 1.98. The SMILES string of the molecule is CS(=O)CCNc1nc(Cl)nc2sccc12. The first-order valence-corrected chi connectivity index (χ1v) is 7.60. The molecule has 0 aliphatic rings. The Hall–Kier alpha value is -0.720. The molecule has 0 aliphatic carbocycles. The Morgan fingerprint density at radius 3 is 3.12 bits per heavy atom. The van der Waals surface area contributed by atoms with E-state index >= 15 is 0 Å². The first-order chi connectivity index (χ1) is 7.66. The van der Waals surface area contributed by atoms with Gasteiger partial charge in [-0.15, -0.1) is 11.3 Å². The van der Waals surface area contributed by atoms with Crippen molar-refractivity contribution in [3.63, 3.8) is 0 Å². The van der Waals surface area contributed by atoms with Gasteiger partial charge in [0.05, 0.1) is 5.39 Å². The zero-order chi connectivity index (χ0) is 11.5. The van der Waals surface area contributed by atoms with Crippen LogP contribution in [-0.4, -0.2) is 32.7 Å². The number of halogens is 1. The summed E-state index contributed by atoms with van der Waals surface area (Å²) >= 11 is 7.33. The van der Waals surface area contributed by atoms with Crippen LogP contribution >= 0.6 is 22.9 Å². The quantitative estimate of drug-likeness (QED) is 0.869. The van der Waals surface area contributed by atoms with E-state index in [0.717, 1.165) is 10.2 Å². The van der Waals surface area contributed by atoms with E-state index in [1.165, 1.54) is 11.3 Å². The zero-order valence-corrected chi connectivity index (χ0v) is 11.0. The second-order valence-electron chi connectivity index (χ2n) is 3.18. The molecular weight excluding hydrogens is 266 g/mol. The van der Waals surface area contributed by atoms with E-state index in [2.05, 4.69) is 15.3 Å². The van der Waals surface area contributed by atoms with Gasteiger partial charge in [-0.05, 0) is 23.0 Å². The zero-order valence-electron chi connectivity index (χ0n) is 8.57. The summed E-state index contributed by atoms with van der Waals surface area (Å²) < 4.78 is 10.9. The summed E-state index contributed by atoms with van der Waals surface area (Å²) in [6.07, 6.45) is 1.68. The molecule has 0 spiro atoms. The smallest absolute Gasteiger partial charge is 0.225 e. The average molecular weight is 276 g/mol. The fourth-order valence-electron chi connectivity index (χ4n) is 1.28. The van der Waals surface area contributed by atoms with Gasteiger partial charge in [0, 0.05) is 29.4 Å². The van der Waals surface area contributed by atoms with Crippen LogP contribution in [0.1, 0.15) is 0 Å². The highest BCUT2D eigenvalue weighted by Crippen LogP contribution is 2.26. The van der Waals surface area contributed by atoms with Gasteiger partial charge in [-0.25, -0.2) is 9.97 Å². The molecule has 2 aromatic heterocycles. The standard InChI is InChI=1S/C9H10ClN3OS2/c1-16(14)5-3-11-7-6-2-4-15-8(6)13-9(10)12-7/h2,4H,3,5H2,1H3,(H,11,12,13). The molecule has 0 aromatic carbocycles. The van der Waals surface area contributed by atoms with Crippen LogP contribution in [0.3, 0.4) is 0 Å². The number of nitrogens with one attached hydrogen (secondary N) is 1. The summed E-state index contributed by atoms with van der Waals surface area (Å²) in [5.74, 6) is 1.30. The molecule has 7 heteroatoms. The van der Waals surface area contributed by atoms with Crippen molar-refractivity contribution in [1.82, 2.24) is 9.97 Å². The van der Waals surface area contributed by atoms with E-state index in [1.54, 1.807) is 6.26 Å². The second kappa shape index (κ2) is 5.07. The summed E-state index contributed by atoms with van der Waals surface area (Å²) in [5, 5.41) is 6.25. The predicted molar refractivity (Wildman–Crippen MR) is 69.8 cm³/mol. The van der Waals surface area contributed by atoms with E-state index < -0.39 is 10.8 Å². The van der Waals surface area contributed by atoms with Crippen LogP contribution < -0.4 is 5.32 Å². The Morgan fingerprint density at radius 2 is 2.38 bits per heavy atom. The molecule has 16 heavy (non-hydrogen) atoms. The van der Waals surface area contributed by atoms with Gasteiger partial charge in [0.1, 0.15) is 10.6 Å². The van der Waals surface area contributed by atoms with E-state index in [-0.39, 0.29) is 5.28 Å². The summed E-state index contributed by atoms with van der Waals surface area (Å²) in [7, 11) is -0.805. The maximum atomic E-state index is 10.9. The topological polar surface area (TPSA) is 54.9 Å². The van der Waals surface area contributed by atoms with Crippen molar-refractivity contribution in [2.24, 2.45) is 0 Å². The normalized spacial score (nSPS) is 12.9. The Morgan fingerprint density at radius 1 is 1.56 bits per heavy atom. The lowest BCUT2D eigenvalue weighted by atomic mass is 10.4. The Bertz CT molecular complexity index is 528. The lowest BCUT2D eigenvalue weighted by molar-refractivity contribution is 0.687. The summed E-state index contributed by atoms with van der Waals surface area (Å²) in [6, 6.07) is 1.95. The van der Waals surface area contributed by atoms with Crippen LogP contribution in [0.2, 0.25) is 5.28 Å². The fraction of sp³-hybridized carbons (Fsp3) is 0.333. The Labute approximate surface area is 105 Å². The molecule has 86 valence electrons. The molecule has 0 amide bonds. The molecule has 1 atom stereocenters. The fourth-order valence-corrected chi connectivity index (χ4v) is 2.65. The van der Waals surface area contributed by atoms with Gasteiger partial charge < -0.3 is 5.32 Å². The molecule has 0 fully saturated rings. The van der Waals surface area contributed by atoms with Crippen molar-refractivity contribution in [3.8, 4) is 0 Å². The number of hydrogen-bond acceptors (Lipinski definition) is 5. The molecule has 0 radical (unpaired) electrons. The lowest BCUT2D eigenvalue weighted by Gasteiger charge is -2.05. The van der Waals surface area contributed by atoms with Crippen molar-refractivity contribution < 1.29 is 4.21 Å². The number of fused-ring (bicyclic) bond motifs is 1. The Balaban J connectivity index is 2.22. The molecule has 0 bridgehead atoms. The lowest BCUT2D eigenvalue weighted by Crippen LogP contribution is -2.11. The molecule has 2 heterocycles. The molecule has 0 saturated heterocycles. The largest absolute Gasteiger partial charge is 0.368 e. The van der Waals surface area contributed by atoms with Gasteiger partial charge in [0.25, 0.3) is 0 Å². The minimum absolute atomic E-state index is 0.232. The molecule has 2 aromatic rings. The molecular formula is C9H10ClN3OS2. The van der Waals surface area contributed by atoms with Gasteiger partial charge in [-0.2, -0.15) is 0 Å². The highest BCUT2D eigenvalue weighted by atomic mass is 35.5. The molecule has 2 rings (SSSR count). The number of nitrogens with zero attached hydrogens (tertiary/aromatic N) is 2.